The molecule has 10 aromatic rings. The molecule has 10 rings (SSSR count). The summed E-state index contributed by atoms with van der Waals surface area (Å²) in [6, 6.07) is 57.3. The van der Waals surface area contributed by atoms with Gasteiger partial charge >= 0.3 is 0 Å². The molecule has 0 fully saturated rings. The van der Waals surface area contributed by atoms with Crippen LogP contribution in [0.2, 0.25) is 0 Å². The van der Waals surface area contributed by atoms with Crippen LogP contribution in [0, 0.1) is 0 Å². The van der Waals surface area contributed by atoms with Crippen molar-refractivity contribution in [3.63, 3.8) is 0 Å². The zero-order valence-corrected chi connectivity index (χ0v) is 26.3. The standard InChI is InChI=1S/C42H26BrN3/c43-27-12-11-13-28(24-27)44-35-19-6-5-18-33(35)34-25-41(45-36-20-7-1-14-29(36)30-15-2-8-21-37(30)45)42(26-40(34)44)46-38-22-9-3-16-31(38)32-17-4-10-23-39(32)46/h1-26H. The van der Waals surface area contributed by atoms with Gasteiger partial charge in [0.1, 0.15) is 0 Å². The van der Waals surface area contributed by atoms with Gasteiger partial charge in [-0.2, -0.15) is 0 Å². The van der Waals surface area contributed by atoms with Crippen LogP contribution in [0.5, 0.6) is 0 Å². The van der Waals surface area contributed by atoms with Gasteiger partial charge in [-0.3, -0.25) is 0 Å². The van der Waals surface area contributed by atoms with Crippen LogP contribution in [0.4, 0.5) is 0 Å². The van der Waals surface area contributed by atoms with Gasteiger partial charge in [0.05, 0.1) is 44.5 Å². The summed E-state index contributed by atoms with van der Waals surface area (Å²) in [7, 11) is 0. The van der Waals surface area contributed by atoms with Crippen LogP contribution in [-0.4, -0.2) is 13.7 Å². The molecule has 0 radical (unpaired) electrons. The summed E-state index contributed by atoms with van der Waals surface area (Å²) < 4.78 is 8.39. The highest BCUT2D eigenvalue weighted by Crippen LogP contribution is 2.42. The van der Waals surface area contributed by atoms with Gasteiger partial charge < -0.3 is 13.7 Å². The fraction of sp³-hybridized carbons (Fsp3) is 0. The molecule has 0 amide bonds. The molecule has 0 N–H and O–H groups in total. The highest BCUT2D eigenvalue weighted by atomic mass is 79.9. The highest BCUT2D eigenvalue weighted by Gasteiger charge is 2.22. The van der Waals surface area contributed by atoms with Gasteiger partial charge in [0.25, 0.3) is 0 Å². The average Bonchev–Trinajstić information content (AvgIpc) is 3.73. The molecule has 3 heterocycles. The molecule has 0 aliphatic carbocycles. The Labute approximate surface area is 273 Å². The molecule has 0 atom stereocenters. The Balaban J connectivity index is 1.45. The van der Waals surface area contributed by atoms with Crippen molar-refractivity contribution in [1.29, 1.82) is 0 Å². The summed E-state index contributed by atoms with van der Waals surface area (Å²) in [6.45, 7) is 0. The second-order valence-corrected chi connectivity index (χ2v) is 12.8. The smallest absolute Gasteiger partial charge is 0.0724 e. The zero-order chi connectivity index (χ0) is 30.4. The Morgan fingerprint density at radius 2 is 0.696 bits per heavy atom. The fourth-order valence-corrected chi connectivity index (χ4v) is 8.00. The first-order valence-electron chi connectivity index (χ1n) is 15.6. The number of benzene rings is 7. The highest BCUT2D eigenvalue weighted by molar-refractivity contribution is 9.10. The molecule has 216 valence electrons. The topological polar surface area (TPSA) is 14.8 Å². The maximum absolute atomic E-state index is 3.74. The lowest BCUT2D eigenvalue weighted by molar-refractivity contribution is 1.09. The van der Waals surface area contributed by atoms with Crippen LogP contribution in [0.1, 0.15) is 0 Å². The maximum atomic E-state index is 3.74. The molecule has 0 unspecified atom stereocenters. The van der Waals surface area contributed by atoms with Crippen LogP contribution in [0.25, 0.3) is 82.5 Å². The number of hydrogen-bond acceptors (Lipinski definition) is 0. The normalized spacial score (nSPS) is 12.0. The van der Waals surface area contributed by atoms with Gasteiger partial charge in [-0.1, -0.05) is 113 Å². The minimum absolute atomic E-state index is 1.06. The van der Waals surface area contributed by atoms with Crippen LogP contribution < -0.4 is 0 Å². The van der Waals surface area contributed by atoms with E-state index in [0.29, 0.717) is 0 Å². The molecule has 0 saturated heterocycles. The quantitative estimate of drug-likeness (QED) is 0.180. The molecule has 0 saturated carbocycles. The minimum atomic E-state index is 1.06. The minimum Gasteiger partial charge on any atom is -0.309 e. The lowest BCUT2D eigenvalue weighted by Gasteiger charge is -2.18. The molecule has 0 bridgehead atoms. The van der Waals surface area contributed by atoms with Crippen molar-refractivity contribution >= 4 is 81.3 Å². The lowest BCUT2D eigenvalue weighted by atomic mass is 10.1. The van der Waals surface area contributed by atoms with E-state index < -0.39 is 0 Å². The molecular weight excluding hydrogens is 626 g/mol. The number of hydrogen-bond donors (Lipinski definition) is 0. The van der Waals surface area contributed by atoms with Crippen molar-refractivity contribution in [3.05, 3.63) is 162 Å². The Bertz CT molecular complexity index is 2720. The summed E-state index contributed by atoms with van der Waals surface area (Å²) in [5.74, 6) is 0. The van der Waals surface area contributed by atoms with E-state index in [0.717, 1.165) is 21.5 Å². The van der Waals surface area contributed by atoms with Gasteiger partial charge in [0, 0.05) is 42.5 Å². The first kappa shape index (κ1) is 25.7. The van der Waals surface area contributed by atoms with Crippen molar-refractivity contribution in [3.8, 4) is 17.1 Å². The van der Waals surface area contributed by atoms with Crippen LogP contribution >= 0.6 is 15.9 Å². The molecular formula is C42H26BrN3. The second kappa shape index (κ2) is 9.71. The third kappa shape index (κ3) is 3.53. The monoisotopic (exact) mass is 651 g/mol. The van der Waals surface area contributed by atoms with E-state index in [4.69, 9.17) is 0 Å². The SMILES string of the molecule is Brc1cccc(-n2c3ccccc3c3cc(-n4c5ccccc5c5ccccc54)c(-n4c5ccccc5c5ccccc54)cc32)c1. The summed E-state index contributed by atoms with van der Waals surface area (Å²) in [5.41, 5.74) is 10.5. The van der Waals surface area contributed by atoms with E-state index in [-0.39, 0.29) is 0 Å². The van der Waals surface area contributed by atoms with E-state index in [1.54, 1.807) is 0 Å². The average molecular weight is 653 g/mol. The predicted molar refractivity (Wildman–Crippen MR) is 197 cm³/mol. The molecule has 3 aromatic heterocycles. The first-order valence-corrected chi connectivity index (χ1v) is 16.4. The first-order chi connectivity index (χ1) is 22.8. The molecule has 0 aliphatic heterocycles. The predicted octanol–water partition coefficient (Wildman–Crippen LogP) is 11.7. The van der Waals surface area contributed by atoms with Crippen molar-refractivity contribution in [1.82, 2.24) is 13.7 Å². The van der Waals surface area contributed by atoms with Crippen LogP contribution in [0.15, 0.2) is 162 Å². The molecule has 0 aliphatic rings. The summed E-state index contributed by atoms with van der Waals surface area (Å²) in [4.78, 5) is 0. The molecule has 3 nitrogen and oxygen atoms in total. The molecule has 4 heteroatoms. The largest absolute Gasteiger partial charge is 0.309 e. The maximum Gasteiger partial charge on any atom is 0.0724 e. The lowest BCUT2D eigenvalue weighted by Crippen LogP contribution is -2.04. The Morgan fingerprint density at radius 1 is 0.304 bits per heavy atom. The van der Waals surface area contributed by atoms with E-state index in [2.05, 4.69) is 187 Å². The Hall–Kier alpha value is -5.58. The Morgan fingerprint density at radius 3 is 1.15 bits per heavy atom. The second-order valence-electron chi connectivity index (χ2n) is 11.9. The fourth-order valence-electron chi connectivity index (χ4n) is 7.61. The third-order valence-corrected chi connectivity index (χ3v) is 9.97. The number of aromatic nitrogens is 3. The van der Waals surface area contributed by atoms with Crippen molar-refractivity contribution in [2.45, 2.75) is 0 Å². The van der Waals surface area contributed by atoms with Gasteiger partial charge in [-0.15, -0.1) is 0 Å². The third-order valence-electron chi connectivity index (χ3n) is 9.48. The van der Waals surface area contributed by atoms with E-state index >= 15 is 0 Å². The number of fused-ring (bicyclic) bond motifs is 9. The summed E-state index contributed by atoms with van der Waals surface area (Å²) >= 11 is 3.74. The van der Waals surface area contributed by atoms with Crippen LogP contribution in [0.3, 0.4) is 0 Å². The zero-order valence-electron chi connectivity index (χ0n) is 24.7. The molecule has 0 spiro atoms. The van der Waals surface area contributed by atoms with E-state index in [1.807, 2.05) is 0 Å². The van der Waals surface area contributed by atoms with Gasteiger partial charge in [-0.05, 0) is 60.7 Å². The molecule has 46 heavy (non-hydrogen) atoms. The van der Waals surface area contributed by atoms with Gasteiger partial charge in [0.15, 0.2) is 0 Å². The number of halogens is 1. The number of nitrogens with zero attached hydrogens (tertiary/aromatic N) is 3. The molecule has 7 aromatic carbocycles. The summed E-state index contributed by atoms with van der Waals surface area (Å²) in [5, 5.41) is 7.45. The van der Waals surface area contributed by atoms with Crippen molar-refractivity contribution in [2.75, 3.05) is 0 Å². The van der Waals surface area contributed by atoms with Crippen molar-refractivity contribution < 1.29 is 0 Å². The summed E-state index contributed by atoms with van der Waals surface area (Å²) in [6.07, 6.45) is 0. The van der Waals surface area contributed by atoms with Gasteiger partial charge in [0.2, 0.25) is 0 Å². The number of rotatable bonds is 3. The van der Waals surface area contributed by atoms with Crippen molar-refractivity contribution in [2.24, 2.45) is 0 Å². The Kier molecular flexibility index (Phi) is 5.43. The van der Waals surface area contributed by atoms with Crippen LogP contribution in [-0.2, 0) is 0 Å². The van der Waals surface area contributed by atoms with E-state index in [9.17, 15) is 0 Å². The number of para-hydroxylation sites is 5. The van der Waals surface area contributed by atoms with Gasteiger partial charge in [-0.25, -0.2) is 0 Å². The van der Waals surface area contributed by atoms with E-state index in [1.165, 1.54) is 65.4 Å².